The van der Waals surface area contributed by atoms with Gasteiger partial charge in [-0.15, -0.1) is 0 Å². The predicted molar refractivity (Wildman–Crippen MR) is 101 cm³/mol. The summed E-state index contributed by atoms with van der Waals surface area (Å²) in [6, 6.07) is 6.16. The molecule has 1 aliphatic heterocycles. The van der Waals surface area contributed by atoms with Gasteiger partial charge in [0.05, 0.1) is 0 Å². The molecule has 144 valence electrons. The second-order valence-corrected chi connectivity index (χ2v) is 8.33. The van der Waals surface area contributed by atoms with Crippen LogP contribution < -0.4 is 5.32 Å². The molecule has 2 rings (SSSR count). The summed E-state index contributed by atoms with van der Waals surface area (Å²) in [6.07, 6.45) is 2.31. The first-order chi connectivity index (χ1) is 12.2. The Labute approximate surface area is 156 Å². The number of benzene rings is 1. The number of hydrogen-bond donors (Lipinski definition) is 1. The van der Waals surface area contributed by atoms with Crippen molar-refractivity contribution in [2.75, 3.05) is 13.1 Å². The Morgan fingerprint density at radius 1 is 1.19 bits per heavy atom. The fourth-order valence-electron chi connectivity index (χ4n) is 3.58. The van der Waals surface area contributed by atoms with Crippen molar-refractivity contribution in [3.05, 3.63) is 35.6 Å². The van der Waals surface area contributed by atoms with E-state index >= 15 is 0 Å². The smallest absolute Gasteiger partial charge is 0.227 e. The van der Waals surface area contributed by atoms with Crippen LogP contribution in [0, 0.1) is 23.1 Å². The second kappa shape index (κ2) is 8.65. The minimum absolute atomic E-state index is 0.0216. The molecule has 0 spiro atoms. The Hall–Kier alpha value is -1.91. The Morgan fingerprint density at radius 2 is 1.85 bits per heavy atom. The number of hydrogen-bond acceptors (Lipinski definition) is 2. The highest BCUT2D eigenvalue weighted by Crippen LogP contribution is 2.31. The number of carbonyl (C=O) groups excluding carboxylic acids is 2. The fourth-order valence-corrected chi connectivity index (χ4v) is 3.58. The number of halogens is 1. The highest BCUT2D eigenvalue weighted by Gasteiger charge is 2.35. The molecule has 1 aliphatic rings. The number of nitrogens with one attached hydrogen (secondary N) is 1. The van der Waals surface area contributed by atoms with Crippen molar-refractivity contribution >= 4 is 11.8 Å². The van der Waals surface area contributed by atoms with Gasteiger partial charge >= 0.3 is 0 Å². The molecule has 0 saturated carbocycles. The molecule has 4 nitrogen and oxygen atoms in total. The molecule has 2 atom stereocenters. The number of rotatable bonds is 5. The minimum atomic E-state index is -0.363. The predicted octanol–water partition coefficient (Wildman–Crippen LogP) is 3.75. The zero-order valence-corrected chi connectivity index (χ0v) is 16.3. The van der Waals surface area contributed by atoms with E-state index < -0.39 is 0 Å². The van der Waals surface area contributed by atoms with Crippen LogP contribution in [-0.2, 0) is 16.1 Å². The third kappa shape index (κ3) is 5.55. The molecule has 1 aromatic rings. The Balaban J connectivity index is 1.85. The monoisotopic (exact) mass is 362 g/mol. The number of likely N-dealkylation sites (tertiary alicyclic amines) is 1. The zero-order valence-electron chi connectivity index (χ0n) is 16.3. The standard InChI is InChI=1S/C21H31FN2O2/c1-5-16-14-24(20(26)21(2,3)4)11-10-17(16)12-19(25)23-13-15-6-8-18(22)9-7-15/h6-9,16-17H,5,10-14H2,1-4H3,(H,23,25)/t16-,17+/m1/s1. The zero-order chi connectivity index (χ0) is 19.3. The van der Waals surface area contributed by atoms with Gasteiger partial charge in [-0.25, -0.2) is 4.39 Å². The molecule has 0 bridgehead atoms. The van der Waals surface area contributed by atoms with Crippen molar-refractivity contribution in [2.24, 2.45) is 17.3 Å². The quantitative estimate of drug-likeness (QED) is 0.867. The Morgan fingerprint density at radius 3 is 2.42 bits per heavy atom. The summed E-state index contributed by atoms with van der Waals surface area (Å²) in [6.45, 7) is 9.85. The van der Waals surface area contributed by atoms with Gasteiger partial charge in [0.1, 0.15) is 5.82 Å². The van der Waals surface area contributed by atoms with Crippen LogP contribution in [0.25, 0.3) is 0 Å². The van der Waals surface area contributed by atoms with Crippen molar-refractivity contribution in [3.8, 4) is 0 Å². The van der Waals surface area contributed by atoms with Crippen LogP contribution in [0.15, 0.2) is 24.3 Å². The van der Waals surface area contributed by atoms with Crippen molar-refractivity contribution in [1.82, 2.24) is 10.2 Å². The van der Waals surface area contributed by atoms with E-state index in [1.807, 2.05) is 25.7 Å². The molecule has 26 heavy (non-hydrogen) atoms. The molecule has 0 aliphatic carbocycles. The maximum absolute atomic E-state index is 12.9. The Bertz CT molecular complexity index is 622. The molecule has 0 unspecified atom stereocenters. The third-order valence-electron chi connectivity index (χ3n) is 5.20. The maximum Gasteiger partial charge on any atom is 0.227 e. The summed E-state index contributed by atoms with van der Waals surface area (Å²) in [5.41, 5.74) is 0.523. The van der Waals surface area contributed by atoms with E-state index in [1.54, 1.807) is 12.1 Å². The van der Waals surface area contributed by atoms with E-state index in [9.17, 15) is 14.0 Å². The molecular formula is C21H31FN2O2. The minimum Gasteiger partial charge on any atom is -0.352 e. The summed E-state index contributed by atoms with van der Waals surface area (Å²) in [7, 11) is 0. The SMILES string of the molecule is CC[C@@H]1CN(C(=O)C(C)(C)C)CC[C@H]1CC(=O)NCc1ccc(F)cc1. The second-order valence-electron chi connectivity index (χ2n) is 8.33. The van der Waals surface area contributed by atoms with Gasteiger partial charge in [0.2, 0.25) is 11.8 Å². The number of carbonyl (C=O) groups is 2. The van der Waals surface area contributed by atoms with Crippen LogP contribution >= 0.6 is 0 Å². The molecule has 0 radical (unpaired) electrons. The molecule has 1 saturated heterocycles. The fraction of sp³-hybridized carbons (Fsp3) is 0.619. The third-order valence-corrected chi connectivity index (χ3v) is 5.20. The van der Waals surface area contributed by atoms with Gasteiger partial charge in [-0.3, -0.25) is 9.59 Å². The molecular weight excluding hydrogens is 331 g/mol. The largest absolute Gasteiger partial charge is 0.352 e. The van der Waals surface area contributed by atoms with Gasteiger partial charge in [0.15, 0.2) is 0 Å². The summed E-state index contributed by atoms with van der Waals surface area (Å²) < 4.78 is 12.9. The van der Waals surface area contributed by atoms with E-state index in [-0.39, 0.29) is 23.0 Å². The van der Waals surface area contributed by atoms with E-state index in [2.05, 4.69) is 12.2 Å². The van der Waals surface area contributed by atoms with E-state index in [4.69, 9.17) is 0 Å². The first-order valence-electron chi connectivity index (χ1n) is 9.51. The first-order valence-corrected chi connectivity index (χ1v) is 9.51. The number of piperidine rings is 1. The summed E-state index contributed by atoms with van der Waals surface area (Å²) in [5, 5.41) is 2.93. The van der Waals surface area contributed by atoms with Gasteiger partial charge in [-0.2, -0.15) is 0 Å². The van der Waals surface area contributed by atoms with Crippen molar-refractivity contribution in [3.63, 3.8) is 0 Å². The molecule has 0 aromatic heterocycles. The summed E-state index contributed by atoms with van der Waals surface area (Å²) >= 11 is 0. The average Bonchev–Trinajstić information content (AvgIpc) is 2.60. The summed E-state index contributed by atoms with van der Waals surface area (Å²) in [4.78, 5) is 26.8. The van der Waals surface area contributed by atoms with Gasteiger partial charge in [-0.1, -0.05) is 46.2 Å². The molecule has 1 aromatic carbocycles. The molecule has 1 heterocycles. The highest BCUT2D eigenvalue weighted by atomic mass is 19.1. The average molecular weight is 362 g/mol. The number of amides is 2. The Kier molecular flexibility index (Phi) is 6.79. The van der Waals surface area contributed by atoms with Crippen LogP contribution in [0.4, 0.5) is 4.39 Å². The lowest BCUT2D eigenvalue weighted by Gasteiger charge is -2.40. The lowest BCUT2D eigenvalue weighted by atomic mass is 9.80. The van der Waals surface area contributed by atoms with Crippen LogP contribution in [-0.4, -0.2) is 29.8 Å². The normalized spacial score (nSPS) is 20.7. The molecule has 1 N–H and O–H groups in total. The van der Waals surface area contributed by atoms with Crippen molar-refractivity contribution in [2.45, 2.75) is 53.5 Å². The highest BCUT2D eigenvalue weighted by molar-refractivity contribution is 5.81. The van der Waals surface area contributed by atoms with Crippen molar-refractivity contribution < 1.29 is 14.0 Å². The van der Waals surface area contributed by atoms with E-state index in [0.29, 0.717) is 24.8 Å². The molecule has 1 fully saturated rings. The van der Waals surface area contributed by atoms with Gasteiger partial charge in [0, 0.05) is 31.5 Å². The maximum atomic E-state index is 12.9. The van der Waals surface area contributed by atoms with Gasteiger partial charge in [0.25, 0.3) is 0 Å². The van der Waals surface area contributed by atoms with Crippen molar-refractivity contribution in [1.29, 1.82) is 0 Å². The van der Waals surface area contributed by atoms with Crippen LogP contribution in [0.3, 0.4) is 0 Å². The first kappa shape index (κ1) is 20.4. The van der Waals surface area contributed by atoms with Gasteiger partial charge < -0.3 is 10.2 Å². The molecule has 2 amide bonds. The lowest BCUT2D eigenvalue weighted by molar-refractivity contribution is -0.142. The van der Waals surface area contributed by atoms with E-state index in [0.717, 1.165) is 31.5 Å². The van der Waals surface area contributed by atoms with E-state index in [1.165, 1.54) is 12.1 Å². The summed E-state index contributed by atoms with van der Waals surface area (Å²) in [5.74, 6) is 0.592. The lowest BCUT2D eigenvalue weighted by Crippen LogP contribution is -2.48. The topological polar surface area (TPSA) is 49.4 Å². The number of nitrogens with zero attached hydrogens (tertiary/aromatic N) is 1. The van der Waals surface area contributed by atoms with Gasteiger partial charge in [-0.05, 0) is 36.0 Å². The van der Waals surface area contributed by atoms with Crippen LogP contribution in [0.5, 0.6) is 0 Å². The van der Waals surface area contributed by atoms with Crippen LogP contribution in [0.2, 0.25) is 0 Å². The van der Waals surface area contributed by atoms with Crippen LogP contribution in [0.1, 0.15) is 52.5 Å². The molecule has 5 heteroatoms.